The van der Waals surface area contributed by atoms with Gasteiger partial charge in [0.1, 0.15) is 0 Å². The van der Waals surface area contributed by atoms with Gasteiger partial charge in [-0.1, -0.05) is 6.07 Å². The Morgan fingerprint density at radius 2 is 2.21 bits per heavy atom. The summed E-state index contributed by atoms with van der Waals surface area (Å²) in [5.74, 6) is 0.184. The number of carboxylic acid groups (broad SMARTS) is 1. The molecule has 0 radical (unpaired) electrons. The third kappa shape index (κ3) is 4.35. The lowest BCUT2D eigenvalue weighted by atomic mass is 10.0. The molecule has 134 valence electrons. The molecular weight excluding hydrogens is 334 g/mol. The first-order valence-corrected chi connectivity index (χ1v) is 9.31. The largest absolute Gasteiger partial charge is 0.478 e. The van der Waals surface area contributed by atoms with E-state index in [1.807, 2.05) is 13.8 Å². The second kappa shape index (κ2) is 6.94. The maximum atomic E-state index is 11.4. The Balaban J connectivity index is 1.86. The highest BCUT2D eigenvalue weighted by Crippen LogP contribution is 2.35. The third-order valence-electron chi connectivity index (χ3n) is 4.23. The van der Waals surface area contributed by atoms with Crippen LogP contribution in [0, 0.1) is 0 Å². The molecule has 2 heterocycles. The van der Waals surface area contributed by atoms with Crippen LogP contribution in [0.15, 0.2) is 23.2 Å². The molecule has 3 N–H and O–H groups in total. The summed E-state index contributed by atoms with van der Waals surface area (Å²) in [4.78, 5) is 16.8. The van der Waals surface area contributed by atoms with Gasteiger partial charge in [-0.05, 0) is 45.6 Å². The quantitative estimate of drug-likeness (QED) is 0.749. The lowest BCUT2D eigenvalue weighted by Gasteiger charge is -2.33. The van der Waals surface area contributed by atoms with Crippen molar-refractivity contribution in [2.24, 2.45) is 5.14 Å². The molecule has 0 aliphatic carbocycles. The Bertz CT molecular complexity index is 705. The Morgan fingerprint density at radius 3 is 2.83 bits per heavy atom. The zero-order valence-corrected chi connectivity index (χ0v) is 14.6. The van der Waals surface area contributed by atoms with Crippen molar-refractivity contribution in [2.75, 3.05) is 6.61 Å². The molecule has 0 aromatic carbocycles. The predicted molar refractivity (Wildman–Crippen MR) is 87.3 cm³/mol. The number of sulfonamides is 1. The summed E-state index contributed by atoms with van der Waals surface area (Å²) in [5, 5.41) is 14.2. The molecule has 1 amide bonds. The minimum absolute atomic E-state index is 0.0233. The second-order valence-electron chi connectivity index (χ2n) is 6.51. The highest BCUT2D eigenvalue weighted by Gasteiger charge is 2.42. The zero-order valence-electron chi connectivity index (χ0n) is 13.8. The molecule has 1 aliphatic heterocycles. The molecule has 1 saturated heterocycles. The summed E-state index contributed by atoms with van der Waals surface area (Å²) >= 11 is 0. The summed E-state index contributed by atoms with van der Waals surface area (Å²) in [6.07, 6.45) is 2.10. The lowest BCUT2D eigenvalue weighted by Crippen LogP contribution is -2.46. The fourth-order valence-corrected chi connectivity index (χ4v) is 3.57. The SMILES string of the molecule is CC1(C)CC[C@@H](CCCOc2cccc(S(N)(=O)=O)n2)N1C(=O)O. The van der Waals surface area contributed by atoms with E-state index in [1.54, 1.807) is 6.07 Å². The Labute approximate surface area is 141 Å². The van der Waals surface area contributed by atoms with Crippen LogP contribution in [0.1, 0.15) is 39.5 Å². The van der Waals surface area contributed by atoms with Gasteiger partial charge in [0.15, 0.2) is 5.03 Å². The number of likely N-dealkylation sites (tertiary alicyclic amines) is 1. The molecule has 2 rings (SSSR count). The monoisotopic (exact) mass is 357 g/mol. The molecule has 0 unspecified atom stereocenters. The van der Waals surface area contributed by atoms with Crippen molar-refractivity contribution in [2.45, 2.75) is 56.1 Å². The van der Waals surface area contributed by atoms with Crippen molar-refractivity contribution in [3.63, 3.8) is 0 Å². The number of carbonyl (C=O) groups is 1. The molecular formula is C15H23N3O5S. The van der Waals surface area contributed by atoms with E-state index < -0.39 is 16.1 Å². The van der Waals surface area contributed by atoms with E-state index in [0.717, 1.165) is 12.8 Å². The number of ether oxygens (including phenoxy) is 1. The Hall–Kier alpha value is -1.87. The maximum Gasteiger partial charge on any atom is 0.407 e. The fourth-order valence-electron chi connectivity index (χ4n) is 3.08. The van der Waals surface area contributed by atoms with Crippen LogP contribution in [0.2, 0.25) is 0 Å². The fraction of sp³-hybridized carbons (Fsp3) is 0.600. The van der Waals surface area contributed by atoms with Crippen LogP contribution in [0.4, 0.5) is 4.79 Å². The molecule has 0 bridgehead atoms. The summed E-state index contributed by atoms with van der Waals surface area (Å²) in [6.45, 7) is 4.19. The van der Waals surface area contributed by atoms with Crippen LogP contribution in [0.25, 0.3) is 0 Å². The van der Waals surface area contributed by atoms with E-state index in [1.165, 1.54) is 17.0 Å². The molecule has 8 nitrogen and oxygen atoms in total. The highest BCUT2D eigenvalue weighted by molar-refractivity contribution is 7.89. The minimum atomic E-state index is -3.86. The van der Waals surface area contributed by atoms with Gasteiger partial charge in [-0.25, -0.2) is 23.3 Å². The van der Waals surface area contributed by atoms with E-state index in [-0.39, 0.29) is 22.5 Å². The number of amides is 1. The van der Waals surface area contributed by atoms with Gasteiger partial charge in [0, 0.05) is 17.6 Å². The van der Waals surface area contributed by atoms with Crippen LogP contribution in [0.3, 0.4) is 0 Å². The number of nitrogens with zero attached hydrogens (tertiary/aromatic N) is 2. The second-order valence-corrected chi connectivity index (χ2v) is 8.02. The van der Waals surface area contributed by atoms with E-state index in [9.17, 15) is 18.3 Å². The van der Waals surface area contributed by atoms with E-state index in [2.05, 4.69) is 4.98 Å². The Morgan fingerprint density at radius 1 is 1.50 bits per heavy atom. The van der Waals surface area contributed by atoms with Crippen molar-refractivity contribution in [3.05, 3.63) is 18.2 Å². The number of nitrogens with two attached hydrogens (primary N) is 1. The summed E-state index contributed by atoms with van der Waals surface area (Å²) in [6, 6.07) is 4.34. The Kier molecular flexibility index (Phi) is 5.34. The van der Waals surface area contributed by atoms with Gasteiger partial charge < -0.3 is 14.7 Å². The van der Waals surface area contributed by atoms with Gasteiger partial charge in [-0.2, -0.15) is 0 Å². The zero-order chi connectivity index (χ0) is 18.0. The third-order valence-corrected chi connectivity index (χ3v) is 5.04. The molecule has 1 aliphatic rings. The van der Waals surface area contributed by atoms with Crippen LogP contribution in [-0.2, 0) is 10.0 Å². The van der Waals surface area contributed by atoms with Gasteiger partial charge in [0.25, 0.3) is 10.0 Å². The number of hydrogen-bond acceptors (Lipinski definition) is 5. The first kappa shape index (κ1) is 18.5. The summed E-state index contributed by atoms with van der Waals surface area (Å²) in [7, 11) is -3.86. The van der Waals surface area contributed by atoms with E-state index >= 15 is 0 Å². The standard InChI is InChI=1S/C15H23N3O5S/c1-15(2)9-8-11(18(15)14(19)20)5-4-10-23-12-6-3-7-13(17-12)24(16,21)22/h3,6-7,11H,4-5,8-10H2,1-2H3,(H,19,20)(H2,16,21,22)/t11-/m1/s1. The molecule has 1 fully saturated rings. The number of rotatable bonds is 6. The van der Waals surface area contributed by atoms with Gasteiger partial charge >= 0.3 is 6.09 Å². The molecule has 1 aromatic heterocycles. The summed E-state index contributed by atoms with van der Waals surface area (Å²) in [5.41, 5.74) is -0.345. The predicted octanol–water partition coefficient (Wildman–Crippen LogP) is 1.81. The normalized spacial score (nSPS) is 20.1. The van der Waals surface area contributed by atoms with Gasteiger partial charge in [-0.3, -0.25) is 0 Å². The molecule has 24 heavy (non-hydrogen) atoms. The van der Waals surface area contributed by atoms with Crippen molar-refractivity contribution in [3.8, 4) is 5.88 Å². The topological polar surface area (TPSA) is 123 Å². The van der Waals surface area contributed by atoms with E-state index in [0.29, 0.717) is 19.4 Å². The molecule has 0 spiro atoms. The lowest BCUT2D eigenvalue weighted by molar-refractivity contribution is 0.0918. The number of primary sulfonamides is 1. The average Bonchev–Trinajstić information content (AvgIpc) is 2.78. The summed E-state index contributed by atoms with van der Waals surface area (Å²) < 4.78 is 27.9. The van der Waals surface area contributed by atoms with Gasteiger partial charge in [0.2, 0.25) is 5.88 Å². The molecule has 9 heteroatoms. The van der Waals surface area contributed by atoms with Crippen molar-refractivity contribution >= 4 is 16.1 Å². The molecule has 1 atom stereocenters. The van der Waals surface area contributed by atoms with Crippen LogP contribution >= 0.6 is 0 Å². The van der Waals surface area contributed by atoms with Crippen molar-refractivity contribution in [1.29, 1.82) is 0 Å². The smallest absolute Gasteiger partial charge is 0.407 e. The number of hydrogen-bond donors (Lipinski definition) is 2. The van der Waals surface area contributed by atoms with Crippen molar-refractivity contribution < 1.29 is 23.1 Å². The molecule has 1 aromatic rings. The van der Waals surface area contributed by atoms with Crippen molar-refractivity contribution in [1.82, 2.24) is 9.88 Å². The minimum Gasteiger partial charge on any atom is -0.478 e. The number of pyridine rings is 1. The van der Waals surface area contributed by atoms with Crippen LogP contribution in [0.5, 0.6) is 5.88 Å². The maximum absolute atomic E-state index is 11.4. The molecule has 0 saturated carbocycles. The van der Waals surface area contributed by atoms with Crippen LogP contribution in [-0.4, -0.2) is 47.7 Å². The van der Waals surface area contributed by atoms with Gasteiger partial charge in [0.05, 0.1) is 6.61 Å². The average molecular weight is 357 g/mol. The van der Waals surface area contributed by atoms with Crippen LogP contribution < -0.4 is 9.88 Å². The number of aromatic nitrogens is 1. The van der Waals surface area contributed by atoms with Gasteiger partial charge in [-0.15, -0.1) is 0 Å². The first-order chi connectivity index (χ1) is 11.1. The highest BCUT2D eigenvalue weighted by atomic mass is 32.2. The van der Waals surface area contributed by atoms with E-state index in [4.69, 9.17) is 9.88 Å². The first-order valence-electron chi connectivity index (χ1n) is 7.76.